The van der Waals surface area contributed by atoms with Gasteiger partial charge in [-0.2, -0.15) is 0 Å². The van der Waals surface area contributed by atoms with Crippen LogP contribution >= 0.6 is 0 Å². The topological polar surface area (TPSA) is 44.2 Å². The number of rotatable bonds is 6. The van der Waals surface area contributed by atoms with Gasteiger partial charge in [-0.15, -0.1) is 0 Å². The van der Waals surface area contributed by atoms with E-state index in [1.54, 1.807) is 25.6 Å². The highest BCUT2D eigenvalue weighted by Crippen LogP contribution is 2.15. The minimum atomic E-state index is 0.654. The number of methoxy groups -OCH3 is 1. The van der Waals surface area contributed by atoms with E-state index in [-0.39, 0.29) is 0 Å². The Morgan fingerprint density at radius 2 is 2.25 bits per heavy atom. The molecular formula is C12H18N2O2. The molecule has 1 aromatic rings. The molecule has 0 saturated carbocycles. The van der Waals surface area contributed by atoms with Crippen molar-refractivity contribution in [3.05, 3.63) is 24.0 Å². The lowest BCUT2D eigenvalue weighted by atomic mass is 10.3. The number of hydrogen-bond donors (Lipinski definition) is 0. The maximum absolute atomic E-state index is 5.32. The van der Waals surface area contributed by atoms with Crippen molar-refractivity contribution in [2.45, 2.75) is 26.7 Å². The van der Waals surface area contributed by atoms with Crippen LogP contribution in [0, 0.1) is 6.92 Å². The molecule has 1 heterocycles. The summed E-state index contributed by atoms with van der Waals surface area (Å²) in [5, 5.41) is 0. The molecule has 0 unspecified atom stereocenters. The van der Waals surface area contributed by atoms with E-state index in [2.05, 4.69) is 16.9 Å². The molecule has 0 atom stereocenters. The Labute approximate surface area is 96.3 Å². The zero-order valence-corrected chi connectivity index (χ0v) is 10.1. The van der Waals surface area contributed by atoms with E-state index >= 15 is 0 Å². The van der Waals surface area contributed by atoms with Crippen molar-refractivity contribution < 1.29 is 9.47 Å². The van der Waals surface area contributed by atoms with Gasteiger partial charge in [0.05, 0.1) is 26.2 Å². The Balaban J connectivity index is 2.60. The van der Waals surface area contributed by atoms with Gasteiger partial charge in [-0.1, -0.05) is 13.3 Å². The molecule has 0 saturated heterocycles. The molecule has 0 spiro atoms. The fraction of sp³-hybridized carbons (Fsp3) is 0.500. The van der Waals surface area contributed by atoms with Crippen LogP contribution < -0.4 is 4.74 Å². The number of hydrogen-bond acceptors (Lipinski definition) is 4. The van der Waals surface area contributed by atoms with Crippen LogP contribution in [0.2, 0.25) is 0 Å². The largest absolute Gasteiger partial charge is 0.501 e. The minimum Gasteiger partial charge on any atom is -0.501 e. The second kappa shape index (κ2) is 6.82. The molecule has 0 N–H and O–H groups in total. The van der Waals surface area contributed by atoms with Gasteiger partial charge >= 0.3 is 0 Å². The van der Waals surface area contributed by atoms with E-state index in [1.807, 2.05) is 6.92 Å². The van der Waals surface area contributed by atoms with Gasteiger partial charge in [0.2, 0.25) is 0 Å². The second-order valence-corrected chi connectivity index (χ2v) is 3.40. The Bertz CT molecular complexity index is 351. The highest BCUT2D eigenvalue weighted by atomic mass is 16.5. The summed E-state index contributed by atoms with van der Waals surface area (Å²) in [6.45, 7) is 4.71. The molecule has 0 aliphatic carbocycles. The maximum Gasteiger partial charge on any atom is 0.162 e. The maximum atomic E-state index is 5.32. The Morgan fingerprint density at radius 1 is 1.44 bits per heavy atom. The third kappa shape index (κ3) is 3.88. The monoisotopic (exact) mass is 222 g/mol. The Morgan fingerprint density at radius 3 is 2.94 bits per heavy atom. The fourth-order valence-corrected chi connectivity index (χ4v) is 1.16. The number of ether oxygens (including phenoxy) is 2. The molecule has 0 aromatic carbocycles. The number of nitrogens with zero attached hydrogens (tertiary/aromatic N) is 2. The highest BCUT2D eigenvalue weighted by Gasteiger charge is 2.01. The lowest BCUT2D eigenvalue weighted by Gasteiger charge is -2.04. The van der Waals surface area contributed by atoms with Gasteiger partial charge in [0.15, 0.2) is 5.75 Å². The summed E-state index contributed by atoms with van der Waals surface area (Å²) < 4.78 is 10.5. The van der Waals surface area contributed by atoms with Crippen molar-refractivity contribution in [2.24, 2.45) is 0 Å². The zero-order chi connectivity index (χ0) is 11.8. The van der Waals surface area contributed by atoms with Crippen LogP contribution in [0.5, 0.6) is 5.75 Å². The van der Waals surface area contributed by atoms with E-state index in [0.717, 1.165) is 25.1 Å². The Hall–Kier alpha value is -1.58. The lowest BCUT2D eigenvalue weighted by molar-refractivity contribution is 0.246. The van der Waals surface area contributed by atoms with E-state index in [1.165, 1.54) is 0 Å². The van der Waals surface area contributed by atoms with Crippen molar-refractivity contribution in [1.29, 1.82) is 0 Å². The normalized spacial score (nSPS) is 10.7. The first-order valence-corrected chi connectivity index (χ1v) is 5.43. The molecule has 0 bridgehead atoms. The minimum absolute atomic E-state index is 0.654. The molecule has 1 aromatic heterocycles. The summed E-state index contributed by atoms with van der Waals surface area (Å²) in [4.78, 5) is 8.32. The van der Waals surface area contributed by atoms with Crippen molar-refractivity contribution >= 4 is 6.08 Å². The first-order chi connectivity index (χ1) is 7.77. The Kier molecular flexibility index (Phi) is 5.32. The van der Waals surface area contributed by atoms with E-state index in [9.17, 15) is 0 Å². The van der Waals surface area contributed by atoms with Crippen molar-refractivity contribution in [3.8, 4) is 5.75 Å². The number of unbranched alkanes of at least 4 members (excludes halogenated alkanes) is 1. The van der Waals surface area contributed by atoms with Crippen LogP contribution in [-0.2, 0) is 4.74 Å². The smallest absolute Gasteiger partial charge is 0.162 e. The summed E-state index contributed by atoms with van der Waals surface area (Å²) in [6, 6.07) is 0. The van der Waals surface area contributed by atoms with Gasteiger partial charge in [-0.05, 0) is 13.3 Å². The number of aryl methyl sites for hydroxylation is 1. The summed E-state index contributed by atoms with van der Waals surface area (Å²) in [5.74, 6) is 1.37. The van der Waals surface area contributed by atoms with Crippen molar-refractivity contribution in [1.82, 2.24) is 9.97 Å². The number of aromatic nitrogens is 2. The summed E-state index contributed by atoms with van der Waals surface area (Å²) in [7, 11) is 1.60. The van der Waals surface area contributed by atoms with Crippen LogP contribution in [0.25, 0.3) is 6.08 Å². The summed E-state index contributed by atoms with van der Waals surface area (Å²) in [5.41, 5.74) is 0.742. The SMILES string of the molecule is CCCCO/C=C/c1nc(C)ncc1OC. The van der Waals surface area contributed by atoms with Crippen LogP contribution in [0.4, 0.5) is 0 Å². The van der Waals surface area contributed by atoms with Gasteiger partial charge < -0.3 is 9.47 Å². The van der Waals surface area contributed by atoms with Crippen molar-refractivity contribution in [2.75, 3.05) is 13.7 Å². The molecule has 88 valence electrons. The standard InChI is InChI=1S/C12H18N2O2/c1-4-5-7-16-8-6-11-12(15-3)9-13-10(2)14-11/h6,8-9H,4-5,7H2,1-3H3/b8-6+. The average Bonchev–Trinajstić information content (AvgIpc) is 2.29. The van der Waals surface area contributed by atoms with Crippen LogP contribution in [0.3, 0.4) is 0 Å². The quantitative estimate of drug-likeness (QED) is 0.548. The molecule has 0 amide bonds. The van der Waals surface area contributed by atoms with Gasteiger partial charge in [0.1, 0.15) is 11.5 Å². The van der Waals surface area contributed by atoms with E-state index < -0.39 is 0 Å². The summed E-state index contributed by atoms with van der Waals surface area (Å²) in [6.07, 6.45) is 7.30. The predicted molar refractivity (Wildman–Crippen MR) is 63.2 cm³/mol. The van der Waals surface area contributed by atoms with Crippen LogP contribution in [-0.4, -0.2) is 23.7 Å². The zero-order valence-electron chi connectivity index (χ0n) is 10.1. The van der Waals surface area contributed by atoms with Gasteiger partial charge in [0.25, 0.3) is 0 Å². The third-order valence-electron chi connectivity index (χ3n) is 2.06. The molecule has 4 nitrogen and oxygen atoms in total. The summed E-state index contributed by atoms with van der Waals surface area (Å²) >= 11 is 0. The second-order valence-electron chi connectivity index (χ2n) is 3.40. The lowest BCUT2D eigenvalue weighted by Crippen LogP contribution is -1.95. The highest BCUT2D eigenvalue weighted by molar-refractivity contribution is 5.51. The molecule has 0 aliphatic heterocycles. The molecule has 16 heavy (non-hydrogen) atoms. The van der Waals surface area contributed by atoms with Crippen LogP contribution in [0.1, 0.15) is 31.3 Å². The molecular weight excluding hydrogens is 204 g/mol. The van der Waals surface area contributed by atoms with Crippen LogP contribution in [0.15, 0.2) is 12.5 Å². The predicted octanol–water partition coefficient (Wildman–Crippen LogP) is 2.58. The molecule has 1 rings (SSSR count). The first-order valence-electron chi connectivity index (χ1n) is 5.43. The third-order valence-corrected chi connectivity index (χ3v) is 2.06. The average molecular weight is 222 g/mol. The van der Waals surface area contributed by atoms with Gasteiger partial charge in [-0.3, -0.25) is 0 Å². The first kappa shape index (κ1) is 12.5. The molecule has 0 fully saturated rings. The molecule has 0 aliphatic rings. The molecule has 4 heteroatoms. The van der Waals surface area contributed by atoms with E-state index in [0.29, 0.717) is 11.6 Å². The van der Waals surface area contributed by atoms with Gasteiger partial charge in [-0.25, -0.2) is 9.97 Å². The van der Waals surface area contributed by atoms with Gasteiger partial charge in [0, 0.05) is 6.08 Å². The van der Waals surface area contributed by atoms with Crippen molar-refractivity contribution in [3.63, 3.8) is 0 Å². The van der Waals surface area contributed by atoms with E-state index in [4.69, 9.17) is 9.47 Å². The fourth-order valence-electron chi connectivity index (χ4n) is 1.16. The molecule has 0 radical (unpaired) electrons.